The van der Waals surface area contributed by atoms with E-state index < -0.39 is 6.10 Å². The minimum atomic E-state index is -0.522. The van der Waals surface area contributed by atoms with E-state index in [1.807, 2.05) is 42.5 Å². The summed E-state index contributed by atoms with van der Waals surface area (Å²) in [5.74, 6) is 2.53. The third-order valence-corrected chi connectivity index (χ3v) is 6.04. The number of nitrogens with zero attached hydrogens (tertiary/aromatic N) is 6. The molecule has 10 heteroatoms. The summed E-state index contributed by atoms with van der Waals surface area (Å²) in [7, 11) is 1.63. The maximum Gasteiger partial charge on any atom is 0.255 e. The second-order valence-electron chi connectivity index (χ2n) is 8.89. The molecule has 0 bridgehead atoms. The summed E-state index contributed by atoms with van der Waals surface area (Å²) < 4.78 is 12.5. The Labute approximate surface area is 220 Å². The van der Waals surface area contributed by atoms with Gasteiger partial charge in [-0.15, -0.1) is 11.5 Å². The van der Waals surface area contributed by atoms with Crippen molar-refractivity contribution in [3.63, 3.8) is 0 Å². The summed E-state index contributed by atoms with van der Waals surface area (Å²) in [5, 5.41) is 11.4. The Bertz CT molecular complexity index is 1470. The highest BCUT2D eigenvalue weighted by atomic mass is 16.5. The van der Waals surface area contributed by atoms with Crippen molar-refractivity contribution in [2.75, 3.05) is 19.0 Å². The first kappa shape index (κ1) is 25.2. The van der Waals surface area contributed by atoms with E-state index in [4.69, 9.17) is 15.9 Å². The van der Waals surface area contributed by atoms with Gasteiger partial charge < -0.3 is 9.47 Å². The number of carbonyl (C=O) groups excluding carboxylic acids is 1. The van der Waals surface area contributed by atoms with E-state index in [0.717, 1.165) is 35.4 Å². The van der Waals surface area contributed by atoms with Gasteiger partial charge in [-0.1, -0.05) is 29.3 Å². The number of rotatable bonds is 8. The number of aromatic nitrogens is 6. The molecule has 1 saturated heterocycles. The zero-order valence-electron chi connectivity index (χ0n) is 21.0. The first-order chi connectivity index (χ1) is 18.6. The Kier molecular flexibility index (Phi) is 7.78. The third-order valence-electron chi connectivity index (χ3n) is 6.04. The molecule has 4 aromatic rings. The number of methoxy groups -OCH3 is 1. The summed E-state index contributed by atoms with van der Waals surface area (Å²) in [4.78, 5) is 26.6. The van der Waals surface area contributed by atoms with E-state index in [1.54, 1.807) is 24.1 Å². The molecule has 4 heterocycles. The van der Waals surface area contributed by atoms with Crippen molar-refractivity contribution in [2.24, 2.45) is 0 Å². The van der Waals surface area contributed by atoms with Gasteiger partial charge in [0.1, 0.15) is 11.8 Å². The number of benzene rings is 1. The average molecular weight is 510 g/mol. The maximum atomic E-state index is 12.9. The van der Waals surface area contributed by atoms with Gasteiger partial charge in [-0.2, -0.15) is 0 Å². The lowest BCUT2D eigenvalue weighted by Crippen LogP contribution is -2.33. The standard InChI is InChI=1S/C28H27N7O3/c1-3-19-8-6-9-20(14-19)23-15-24(31-28(30-23)32-27(36)26-12-4-5-13-38-26)25-17-35(34-33-25)16-21-10-7-11-22(29-21)18-37-2/h1,6-11,14-15,17,26H,4-5,12-13,16,18H2,2H3,(H,30,31,32,36). The molecule has 1 amide bonds. The summed E-state index contributed by atoms with van der Waals surface area (Å²) in [6, 6.07) is 15.0. The van der Waals surface area contributed by atoms with Crippen LogP contribution in [0.4, 0.5) is 5.95 Å². The van der Waals surface area contributed by atoms with Gasteiger partial charge in [0.05, 0.1) is 42.1 Å². The molecule has 1 N–H and O–H groups in total. The van der Waals surface area contributed by atoms with Crippen molar-refractivity contribution < 1.29 is 14.3 Å². The SMILES string of the molecule is C#Cc1cccc(-c2cc(-c3cn(Cc4cccc(COC)n4)nn3)nc(NC(=O)C3CCCCO3)n2)c1. The topological polar surface area (TPSA) is 117 Å². The van der Waals surface area contributed by atoms with Crippen molar-refractivity contribution in [3.8, 4) is 35.0 Å². The highest BCUT2D eigenvalue weighted by molar-refractivity contribution is 5.93. The monoisotopic (exact) mass is 509 g/mol. The van der Waals surface area contributed by atoms with Crippen molar-refractivity contribution in [1.29, 1.82) is 0 Å². The number of hydrogen-bond donors (Lipinski definition) is 1. The number of ether oxygens (including phenoxy) is 2. The quantitative estimate of drug-likeness (QED) is 0.359. The molecule has 10 nitrogen and oxygen atoms in total. The summed E-state index contributed by atoms with van der Waals surface area (Å²) in [6.45, 7) is 1.42. The lowest BCUT2D eigenvalue weighted by molar-refractivity contribution is -0.130. The lowest BCUT2D eigenvalue weighted by Gasteiger charge is -2.21. The van der Waals surface area contributed by atoms with Gasteiger partial charge in [-0.25, -0.2) is 14.6 Å². The molecule has 3 aromatic heterocycles. The van der Waals surface area contributed by atoms with Crippen LogP contribution in [0.15, 0.2) is 54.7 Å². The Morgan fingerprint density at radius 2 is 1.95 bits per heavy atom. The second-order valence-corrected chi connectivity index (χ2v) is 8.89. The maximum absolute atomic E-state index is 12.9. The zero-order valence-corrected chi connectivity index (χ0v) is 21.0. The minimum absolute atomic E-state index is 0.159. The highest BCUT2D eigenvalue weighted by Gasteiger charge is 2.23. The van der Waals surface area contributed by atoms with E-state index in [0.29, 0.717) is 43.3 Å². The predicted octanol–water partition coefficient (Wildman–Crippen LogP) is 3.48. The normalized spacial score (nSPS) is 15.1. The number of hydrogen-bond acceptors (Lipinski definition) is 8. The van der Waals surface area contributed by atoms with E-state index in [9.17, 15) is 4.79 Å². The molecule has 1 unspecified atom stereocenters. The van der Waals surface area contributed by atoms with Crippen LogP contribution < -0.4 is 5.32 Å². The molecule has 0 saturated carbocycles. The largest absolute Gasteiger partial charge is 0.378 e. The Hall–Kier alpha value is -4.46. The molecule has 38 heavy (non-hydrogen) atoms. The smallest absolute Gasteiger partial charge is 0.255 e. The first-order valence-corrected chi connectivity index (χ1v) is 12.3. The van der Waals surface area contributed by atoms with Gasteiger partial charge in [0, 0.05) is 24.8 Å². The number of terminal acetylenes is 1. The number of anilines is 1. The molecule has 1 aliphatic rings. The zero-order chi connectivity index (χ0) is 26.3. The van der Waals surface area contributed by atoms with Crippen LogP contribution in [0.2, 0.25) is 0 Å². The molecule has 1 aliphatic heterocycles. The first-order valence-electron chi connectivity index (χ1n) is 12.3. The van der Waals surface area contributed by atoms with Crippen LogP contribution in [0.1, 0.15) is 36.2 Å². The van der Waals surface area contributed by atoms with Crippen LogP contribution in [0.5, 0.6) is 0 Å². The second kappa shape index (κ2) is 11.7. The van der Waals surface area contributed by atoms with Gasteiger partial charge >= 0.3 is 0 Å². The van der Waals surface area contributed by atoms with Crippen LogP contribution in [0.3, 0.4) is 0 Å². The summed E-state index contributed by atoms with van der Waals surface area (Å²) >= 11 is 0. The van der Waals surface area contributed by atoms with Gasteiger partial charge in [-0.3, -0.25) is 15.1 Å². The fourth-order valence-electron chi connectivity index (χ4n) is 4.19. The predicted molar refractivity (Wildman–Crippen MR) is 141 cm³/mol. The fourth-order valence-corrected chi connectivity index (χ4v) is 4.19. The fraction of sp³-hybridized carbons (Fsp3) is 0.286. The van der Waals surface area contributed by atoms with E-state index in [2.05, 4.69) is 36.5 Å². The molecule has 5 rings (SSSR count). The molecule has 1 fully saturated rings. The van der Waals surface area contributed by atoms with Crippen molar-refractivity contribution in [2.45, 2.75) is 38.5 Å². The molecule has 0 aliphatic carbocycles. The lowest BCUT2D eigenvalue weighted by atomic mass is 10.1. The van der Waals surface area contributed by atoms with Gasteiger partial charge in [-0.05, 0) is 49.6 Å². The summed E-state index contributed by atoms with van der Waals surface area (Å²) in [6.07, 6.45) is 9.42. The molecular weight excluding hydrogens is 482 g/mol. The van der Waals surface area contributed by atoms with Crippen molar-refractivity contribution in [1.82, 2.24) is 29.9 Å². The minimum Gasteiger partial charge on any atom is -0.378 e. The van der Waals surface area contributed by atoms with Crippen molar-refractivity contribution >= 4 is 11.9 Å². The van der Waals surface area contributed by atoms with E-state index >= 15 is 0 Å². The van der Waals surface area contributed by atoms with Gasteiger partial charge in [0.15, 0.2) is 0 Å². The molecule has 192 valence electrons. The molecule has 0 spiro atoms. The molecule has 0 radical (unpaired) electrons. The van der Waals surface area contributed by atoms with Crippen LogP contribution in [0, 0.1) is 12.3 Å². The Morgan fingerprint density at radius 1 is 1.11 bits per heavy atom. The molecule has 1 aromatic carbocycles. The van der Waals surface area contributed by atoms with Crippen LogP contribution in [-0.2, 0) is 27.4 Å². The van der Waals surface area contributed by atoms with Crippen LogP contribution in [-0.4, -0.2) is 55.7 Å². The highest BCUT2D eigenvalue weighted by Crippen LogP contribution is 2.25. The molecule has 1 atom stereocenters. The Morgan fingerprint density at radius 3 is 2.76 bits per heavy atom. The summed E-state index contributed by atoms with van der Waals surface area (Å²) in [5.41, 5.74) is 4.80. The number of carbonyl (C=O) groups is 1. The van der Waals surface area contributed by atoms with Gasteiger partial charge in [0.2, 0.25) is 5.95 Å². The average Bonchev–Trinajstić information content (AvgIpc) is 3.42. The molecular formula is C28H27N7O3. The van der Waals surface area contributed by atoms with E-state index in [1.165, 1.54) is 0 Å². The van der Waals surface area contributed by atoms with Gasteiger partial charge in [0.25, 0.3) is 5.91 Å². The Balaban J connectivity index is 1.45. The number of pyridine rings is 1. The number of nitrogens with one attached hydrogen (secondary N) is 1. The van der Waals surface area contributed by atoms with Crippen LogP contribution >= 0.6 is 0 Å². The third kappa shape index (κ3) is 6.08. The van der Waals surface area contributed by atoms with E-state index in [-0.39, 0.29) is 11.9 Å². The van der Waals surface area contributed by atoms with Crippen molar-refractivity contribution in [3.05, 3.63) is 71.7 Å². The number of amides is 1. The van der Waals surface area contributed by atoms with Crippen LogP contribution in [0.25, 0.3) is 22.6 Å².